The third-order valence-electron chi connectivity index (χ3n) is 5.55. The molecule has 1 heterocycles. The first-order valence-corrected chi connectivity index (χ1v) is 11.8. The van der Waals surface area contributed by atoms with Gasteiger partial charge in [-0.05, 0) is 60.7 Å². The number of ether oxygens (including phenoxy) is 1. The molecular weight excluding hydrogens is 400 g/mol. The van der Waals surface area contributed by atoms with E-state index in [9.17, 15) is 13.2 Å². The van der Waals surface area contributed by atoms with Crippen molar-refractivity contribution in [3.63, 3.8) is 0 Å². The van der Waals surface area contributed by atoms with Gasteiger partial charge in [0.1, 0.15) is 5.75 Å². The van der Waals surface area contributed by atoms with Gasteiger partial charge in [0, 0.05) is 31.7 Å². The van der Waals surface area contributed by atoms with E-state index in [1.807, 2.05) is 24.0 Å². The largest absolute Gasteiger partial charge is 0.497 e. The molecule has 162 valence electrons. The SMILES string of the molecule is CCN(Cc1ccc(C(=O)N2CCCC(C)C2)cc1)S(=O)(=O)c1ccc(OC)cc1. The van der Waals surface area contributed by atoms with Gasteiger partial charge in [0.15, 0.2) is 0 Å². The lowest BCUT2D eigenvalue weighted by Gasteiger charge is -2.31. The molecule has 0 aliphatic carbocycles. The van der Waals surface area contributed by atoms with E-state index in [0.717, 1.165) is 31.5 Å². The van der Waals surface area contributed by atoms with E-state index in [0.29, 0.717) is 23.8 Å². The number of benzene rings is 2. The van der Waals surface area contributed by atoms with Crippen LogP contribution in [0.15, 0.2) is 53.4 Å². The Hall–Kier alpha value is -2.38. The van der Waals surface area contributed by atoms with E-state index >= 15 is 0 Å². The molecule has 0 N–H and O–H groups in total. The molecule has 1 aliphatic heterocycles. The first-order chi connectivity index (χ1) is 14.3. The Morgan fingerprint density at radius 3 is 2.37 bits per heavy atom. The molecule has 1 unspecified atom stereocenters. The molecule has 0 spiro atoms. The average molecular weight is 431 g/mol. The molecule has 1 saturated heterocycles. The smallest absolute Gasteiger partial charge is 0.253 e. The van der Waals surface area contributed by atoms with Gasteiger partial charge in [-0.1, -0.05) is 26.0 Å². The van der Waals surface area contributed by atoms with Crippen LogP contribution in [0.4, 0.5) is 0 Å². The zero-order chi connectivity index (χ0) is 21.7. The zero-order valence-corrected chi connectivity index (χ0v) is 18.7. The Morgan fingerprint density at radius 1 is 1.13 bits per heavy atom. The minimum absolute atomic E-state index is 0.0475. The maximum Gasteiger partial charge on any atom is 0.253 e. The summed E-state index contributed by atoms with van der Waals surface area (Å²) in [6, 6.07) is 13.7. The van der Waals surface area contributed by atoms with Crippen LogP contribution in [0.2, 0.25) is 0 Å². The first kappa shape index (κ1) is 22.3. The second kappa shape index (κ2) is 9.62. The van der Waals surface area contributed by atoms with Crippen molar-refractivity contribution in [2.75, 3.05) is 26.7 Å². The number of hydrogen-bond donors (Lipinski definition) is 0. The highest BCUT2D eigenvalue weighted by Crippen LogP contribution is 2.22. The molecular formula is C23H30N2O4S. The number of nitrogens with zero attached hydrogens (tertiary/aromatic N) is 2. The van der Waals surface area contributed by atoms with Crippen LogP contribution in [0, 0.1) is 5.92 Å². The van der Waals surface area contributed by atoms with Gasteiger partial charge in [-0.15, -0.1) is 0 Å². The monoisotopic (exact) mass is 430 g/mol. The van der Waals surface area contributed by atoms with Crippen molar-refractivity contribution in [2.45, 2.75) is 38.1 Å². The predicted octanol–water partition coefficient (Wildman–Crippen LogP) is 3.78. The second-order valence-electron chi connectivity index (χ2n) is 7.80. The zero-order valence-electron chi connectivity index (χ0n) is 17.9. The number of piperidine rings is 1. The number of methoxy groups -OCH3 is 1. The molecule has 0 saturated carbocycles. The van der Waals surface area contributed by atoms with E-state index in [1.165, 1.54) is 4.31 Å². The van der Waals surface area contributed by atoms with Crippen molar-refractivity contribution in [3.05, 3.63) is 59.7 Å². The number of rotatable bonds is 7. The Labute approximate surface area is 179 Å². The molecule has 0 aromatic heterocycles. The summed E-state index contributed by atoms with van der Waals surface area (Å²) in [7, 11) is -2.08. The summed E-state index contributed by atoms with van der Waals surface area (Å²) in [5.41, 5.74) is 1.49. The first-order valence-electron chi connectivity index (χ1n) is 10.4. The van der Waals surface area contributed by atoms with Crippen LogP contribution < -0.4 is 4.74 Å². The molecule has 0 bridgehead atoms. The molecule has 2 aromatic carbocycles. The van der Waals surface area contributed by atoms with Gasteiger partial charge < -0.3 is 9.64 Å². The summed E-state index contributed by atoms with van der Waals surface area (Å²) < 4.78 is 32.5. The van der Waals surface area contributed by atoms with Crippen molar-refractivity contribution in [3.8, 4) is 5.75 Å². The van der Waals surface area contributed by atoms with Crippen LogP contribution in [-0.4, -0.2) is 50.3 Å². The fourth-order valence-electron chi connectivity index (χ4n) is 3.78. The van der Waals surface area contributed by atoms with Crippen molar-refractivity contribution >= 4 is 15.9 Å². The van der Waals surface area contributed by atoms with Crippen molar-refractivity contribution in [1.29, 1.82) is 0 Å². The molecule has 30 heavy (non-hydrogen) atoms. The highest BCUT2D eigenvalue weighted by atomic mass is 32.2. The highest BCUT2D eigenvalue weighted by Gasteiger charge is 2.24. The van der Waals surface area contributed by atoms with Gasteiger partial charge in [0.05, 0.1) is 12.0 Å². The van der Waals surface area contributed by atoms with E-state index in [-0.39, 0.29) is 17.3 Å². The lowest BCUT2D eigenvalue weighted by atomic mass is 9.99. The molecule has 1 fully saturated rings. The Kier molecular flexibility index (Phi) is 7.15. The van der Waals surface area contributed by atoms with Crippen LogP contribution in [-0.2, 0) is 16.6 Å². The number of carbonyl (C=O) groups is 1. The van der Waals surface area contributed by atoms with Gasteiger partial charge in [-0.2, -0.15) is 4.31 Å². The van der Waals surface area contributed by atoms with Crippen LogP contribution in [0.3, 0.4) is 0 Å². The summed E-state index contributed by atoms with van der Waals surface area (Å²) in [5, 5.41) is 0. The summed E-state index contributed by atoms with van der Waals surface area (Å²) >= 11 is 0. The number of sulfonamides is 1. The van der Waals surface area contributed by atoms with Crippen LogP contribution in [0.5, 0.6) is 5.75 Å². The van der Waals surface area contributed by atoms with E-state index in [2.05, 4.69) is 6.92 Å². The Bertz CT molecular complexity index is 956. The summed E-state index contributed by atoms with van der Waals surface area (Å²) in [6.07, 6.45) is 2.21. The maximum absolute atomic E-state index is 13.0. The summed E-state index contributed by atoms with van der Waals surface area (Å²) in [4.78, 5) is 14.9. The lowest BCUT2D eigenvalue weighted by molar-refractivity contribution is 0.0683. The van der Waals surface area contributed by atoms with Gasteiger partial charge >= 0.3 is 0 Å². The summed E-state index contributed by atoms with van der Waals surface area (Å²) in [6.45, 7) is 6.18. The molecule has 1 atom stereocenters. The van der Waals surface area contributed by atoms with Gasteiger partial charge in [0.2, 0.25) is 10.0 Å². The Morgan fingerprint density at radius 2 is 1.80 bits per heavy atom. The fourth-order valence-corrected chi connectivity index (χ4v) is 5.21. The predicted molar refractivity (Wildman–Crippen MR) is 117 cm³/mol. The summed E-state index contributed by atoms with van der Waals surface area (Å²) in [5.74, 6) is 1.19. The van der Waals surface area contributed by atoms with E-state index in [4.69, 9.17) is 4.74 Å². The van der Waals surface area contributed by atoms with Crippen molar-refractivity contribution in [1.82, 2.24) is 9.21 Å². The van der Waals surface area contributed by atoms with Crippen LogP contribution in [0.1, 0.15) is 42.6 Å². The normalized spacial score (nSPS) is 17.2. The number of likely N-dealkylation sites (tertiary alicyclic amines) is 1. The molecule has 3 rings (SSSR count). The van der Waals surface area contributed by atoms with Crippen molar-refractivity contribution in [2.24, 2.45) is 5.92 Å². The highest BCUT2D eigenvalue weighted by molar-refractivity contribution is 7.89. The molecule has 0 radical (unpaired) electrons. The molecule has 7 heteroatoms. The number of carbonyl (C=O) groups excluding carboxylic acids is 1. The third kappa shape index (κ3) is 5.02. The topological polar surface area (TPSA) is 66.9 Å². The lowest BCUT2D eigenvalue weighted by Crippen LogP contribution is -2.39. The van der Waals surface area contributed by atoms with Gasteiger partial charge in [-0.25, -0.2) is 8.42 Å². The average Bonchev–Trinajstić information content (AvgIpc) is 2.77. The molecule has 1 amide bonds. The van der Waals surface area contributed by atoms with Crippen LogP contribution >= 0.6 is 0 Å². The molecule has 6 nitrogen and oxygen atoms in total. The molecule has 2 aromatic rings. The van der Waals surface area contributed by atoms with Gasteiger partial charge in [-0.3, -0.25) is 4.79 Å². The van der Waals surface area contributed by atoms with E-state index in [1.54, 1.807) is 43.5 Å². The number of hydrogen-bond acceptors (Lipinski definition) is 4. The Balaban J connectivity index is 1.71. The minimum atomic E-state index is -3.62. The standard InChI is InChI=1S/C23H30N2O4S/c1-4-25(30(27,28)22-13-11-21(29-3)12-14-22)17-19-7-9-20(10-8-19)23(26)24-15-5-6-18(2)16-24/h7-14,18H,4-6,15-17H2,1-3H3. The van der Waals surface area contributed by atoms with Crippen LogP contribution in [0.25, 0.3) is 0 Å². The third-order valence-corrected chi connectivity index (χ3v) is 7.49. The van der Waals surface area contributed by atoms with Crippen molar-refractivity contribution < 1.29 is 17.9 Å². The quantitative estimate of drug-likeness (QED) is 0.671. The van der Waals surface area contributed by atoms with Gasteiger partial charge in [0.25, 0.3) is 5.91 Å². The fraction of sp³-hybridized carbons (Fsp3) is 0.435. The number of amides is 1. The maximum atomic E-state index is 13.0. The molecule has 1 aliphatic rings. The minimum Gasteiger partial charge on any atom is -0.497 e. The second-order valence-corrected chi connectivity index (χ2v) is 9.74. The van der Waals surface area contributed by atoms with E-state index < -0.39 is 10.0 Å².